The van der Waals surface area contributed by atoms with Crippen LogP contribution in [0, 0.1) is 0 Å². The van der Waals surface area contributed by atoms with Gasteiger partial charge in [0.2, 0.25) is 0 Å². The summed E-state index contributed by atoms with van der Waals surface area (Å²) < 4.78 is 5.09. The first-order valence-corrected chi connectivity index (χ1v) is 10.9. The van der Waals surface area contributed by atoms with Crippen LogP contribution in [0.3, 0.4) is 0 Å². The van der Waals surface area contributed by atoms with E-state index < -0.39 is 30.6 Å². The molecule has 1 heterocycles. The number of hydrogen-bond donors (Lipinski definition) is 3. The zero-order valence-electron chi connectivity index (χ0n) is 15.4. The van der Waals surface area contributed by atoms with E-state index in [4.69, 9.17) is 10.5 Å². The number of benzene rings is 1. The van der Waals surface area contributed by atoms with Gasteiger partial charge in [-0.3, -0.25) is 4.79 Å². The molecule has 28 heavy (non-hydrogen) atoms. The van der Waals surface area contributed by atoms with E-state index in [1.807, 2.05) is 54.1 Å². The van der Waals surface area contributed by atoms with Crippen LogP contribution in [0.25, 0.3) is 0 Å². The summed E-state index contributed by atoms with van der Waals surface area (Å²) in [6.07, 6.45) is 2.25. The Kier molecular flexibility index (Phi) is 8.83. The Hall–Kier alpha value is -2.52. The van der Waals surface area contributed by atoms with Crippen molar-refractivity contribution in [2.75, 3.05) is 18.6 Å². The SMILES string of the molecule is CSCC[C@@H](NC(N)=O)C(=O)OCC(=O)N[C@H](c1ccccc1)c1cccs1. The highest BCUT2D eigenvalue weighted by molar-refractivity contribution is 7.98. The summed E-state index contributed by atoms with van der Waals surface area (Å²) in [6, 6.07) is 11.4. The van der Waals surface area contributed by atoms with Crippen LogP contribution in [0.15, 0.2) is 47.8 Å². The molecule has 2 aromatic rings. The summed E-state index contributed by atoms with van der Waals surface area (Å²) in [6.45, 7) is -0.441. The van der Waals surface area contributed by atoms with Crippen molar-refractivity contribution in [2.45, 2.75) is 18.5 Å². The Labute approximate surface area is 172 Å². The van der Waals surface area contributed by atoms with Crippen LogP contribution in [0.2, 0.25) is 0 Å². The maximum absolute atomic E-state index is 12.4. The average Bonchev–Trinajstić information content (AvgIpc) is 3.22. The third-order valence-corrected chi connectivity index (χ3v) is 5.40. The van der Waals surface area contributed by atoms with Gasteiger partial charge in [0.15, 0.2) is 6.61 Å². The molecule has 1 aromatic heterocycles. The van der Waals surface area contributed by atoms with Crippen LogP contribution in [-0.2, 0) is 14.3 Å². The molecular weight excluding hydrogens is 398 g/mol. The third kappa shape index (κ3) is 6.90. The van der Waals surface area contributed by atoms with Gasteiger partial charge in [-0.1, -0.05) is 36.4 Å². The average molecular weight is 422 g/mol. The Balaban J connectivity index is 1.96. The number of nitrogens with two attached hydrogens (primary N) is 1. The molecular formula is C19H23N3O4S2. The van der Waals surface area contributed by atoms with Gasteiger partial charge in [0.05, 0.1) is 6.04 Å². The summed E-state index contributed by atoms with van der Waals surface area (Å²) >= 11 is 3.05. The number of ether oxygens (including phenoxy) is 1. The molecule has 0 spiro atoms. The van der Waals surface area contributed by atoms with Crippen molar-refractivity contribution >= 4 is 41.0 Å². The first-order chi connectivity index (χ1) is 13.5. The highest BCUT2D eigenvalue weighted by Crippen LogP contribution is 2.25. The summed E-state index contributed by atoms with van der Waals surface area (Å²) in [7, 11) is 0. The standard InChI is InChI=1S/C19H23N3O4S2/c1-27-11-9-14(21-19(20)25)18(24)26-12-16(23)22-17(15-8-5-10-28-15)13-6-3-2-4-7-13/h2-8,10,14,17H,9,11-12H2,1H3,(H,22,23)(H3,20,21,25)/t14-,17-/m1/s1. The number of primary amides is 1. The van der Waals surface area contributed by atoms with Gasteiger partial charge in [-0.25, -0.2) is 9.59 Å². The van der Waals surface area contributed by atoms with Crippen LogP contribution in [-0.4, -0.2) is 42.6 Å². The van der Waals surface area contributed by atoms with Crippen molar-refractivity contribution in [1.29, 1.82) is 0 Å². The van der Waals surface area contributed by atoms with Crippen LogP contribution < -0.4 is 16.4 Å². The number of thiophene rings is 1. The second kappa shape index (κ2) is 11.4. The molecule has 3 amide bonds. The second-order valence-corrected chi connectivity index (χ2v) is 7.84. The summed E-state index contributed by atoms with van der Waals surface area (Å²) in [5.41, 5.74) is 6.03. The molecule has 2 atom stereocenters. The number of nitrogens with one attached hydrogen (secondary N) is 2. The van der Waals surface area contributed by atoms with Gasteiger partial charge in [-0.15, -0.1) is 11.3 Å². The number of carbonyl (C=O) groups excluding carboxylic acids is 3. The molecule has 0 aliphatic rings. The van der Waals surface area contributed by atoms with Gasteiger partial charge in [0.25, 0.3) is 5.91 Å². The van der Waals surface area contributed by atoms with Crippen molar-refractivity contribution < 1.29 is 19.1 Å². The van der Waals surface area contributed by atoms with Crippen LogP contribution >= 0.6 is 23.1 Å². The molecule has 0 aliphatic carbocycles. The number of hydrogen-bond acceptors (Lipinski definition) is 6. The number of carbonyl (C=O) groups is 3. The van der Waals surface area contributed by atoms with Gasteiger partial charge in [-0.05, 0) is 35.4 Å². The summed E-state index contributed by atoms with van der Waals surface area (Å²) in [5.74, 6) is -0.477. The lowest BCUT2D eigenvalue weighted by Gasteiger charge is -2.19. The molecule has 0 fully saturated rings. The van der Waals surface area contributed by atoms with E-state index in [0.29, 0.717) is 12.2 Å². The lowest BCUT2D eigenvalue weighted by atomic mass is 10.1. The van der Waals surface area contributed by atoms with E-state index >= 15 is 0 Å². The monoisotopic (exact) mass is 421 g/mol. The van der Waals surface area contributed by atoms with Crippen molar-refractivity contribution in [3.63, 3.8) is 0 Å². The Bertz CT molecular complexity index is 769. The number of urea groups is 1. The van der Waals surface area contributed by atoms with Crippen molar-refractivity contribution in [3.8, 4) is 0 Å². The summed E-state index contributed by atoms with van der Waals surface area (Å²) in [4.78, 5) is 36.6. The molecule has 2 rings (SSSR count). The fourth-order valence-electron chi connectivity index (χ4n) is 2.52. The zero-order chi connectivity index (χ0) is 20.4. The quantitative estimate of drug-likeness (QED) is 0.510. The third-order valence-electron chi connectivity index (χ3n) is 3.82. The highest BCUT2D eigenvalue weighted by atomic mass is 32.2. The van der Waals surface area contributed by atoms with Gasteiger partial charge in [0.1, 0.15) is 6.04 Å². The molecule has 1 aromatic carbocycles. The molecule has 0 unspecified atom stereocenters. The minimum Gasteiger partial charge on any atom is -0.454 e. The van der Waals surface area contributed by atoms with Crippen molar-refractivity contribution in [3.05, 3.63) is 58.3 Å². The smallest absolute Gasteiger partial charge is 0.329 e. The van der Waals surface area contributed by atoms with E-state index in [9.17, 15) is 14.4 Å². The van der Waals surface area contributed by atoms with E-state index in [0.717, 1.165) is 10.4 Å². The van der Waals surface area contributed by atoms with Gasteiger partial charge >= 0.3 is 12.0 Å². The Morgan fingerprint density at radius 3 is 2.50 bits per heavy atom. The lowest BCUT2D eigenvalue weighted by Crippen LogP contribution is -2.45. The zero-order valence-corrected chi connectivity index (χ0v) is 17.1. The van der Waals surface area contributed by atoms with E-state index in [2.05, 4.69) is 10.6 Å². The van der Waals surface area contributed by atoms with E-state index in [1.165, 1.54) is 23.1 Å². The van der Waals surface area contributed by atoms with Crippen LogP contribution in [0.5, 0.6) is 0 Å². The van der Waals surface area contributed by atoms with Gasteiger partial charge in [0, 0.05) is 4.88 Å². The molecule has 0 saturated carbocycles. The second-order valence-electron chi connectivity index (χ2n) is 5.88. The number of amides is 3. The fraction of sp³-hybridized carbons (Fsp3) is 0.316. The Morgan fingerprint density at radius 2 is 1.89 bits per heavy atom. The van der Waals surface area contributed by atoms with Gasteiger partial charge in [-0.2, -0.15) is 11.8 Å². The molecule has 150 valence electrons. The van der Waals surface area contributed by atoms with E-state index in [1.54, 1.807) is 0 Å². The molecule has 0 bridgehead atoms. The maximum Gasteiger partial charge on any atom is 0.329 e. The molecule has 9 heteroatoms. The highest BCUT2D eigenvalue weighted by Gasteiger charge is 2.23. The number of thioether (sulfide) groups is 1. The predicted molar refractivity (Wildman–Crippen MR) is 111 cm³/mol. The molecule has 0 aliphatic heterocycles. The minimum absolute atomic E-state index is 0.330. The minimum atomic E-state index is -0.875. The number of esters is 1. The topological polar surface area (TPSA) is 111 Å². The molecule has 0 saturated heterocycles. The van der Waals surface area contributed by atoms with Gasteiger partial charge < -0.3 is 21.1 Å². The predicted octanol–water partition coefficient (Wildman–Crippen LogP) is 2.29. The lowest BCUT2D eigenvalue weighted by molar-refractivity contribution is -0.150. The number of rotatable bonds is 10. The Morgan fingerprint density at radius 1 is 1.14 bits per heavy atom. The fourth-order valence-corrected chi connectivity index (χ4v) is 3.79. The van der Waals surface area contributed by atoms with Crippen molar-refractivity contribution in [1.82, 2.24) is 10.6 Å². The largest absolute Gasteiger partial charge is 0.454 e. The van der Waals surface area contributed by atoms with Crippen LogP contribution in [0.4, 0.5) is 4.79 Å². The first kappa shape index (κ1) is 21.8. The van der Waals surface area contributed by atoms with Crippen molar-refractivity contribution in [2.24, 2.45) is 5.73 Å². The van der Waals surface area contributed by atoms with E-state index in [-0.39, 0.29) is 6.04 Å². The molecule has 0 radical (unpaired) electrons. The van der Waals surface area contributed by atoms with Crippen LogP contribution in [0.1, 0.15) is 22.9 Å². The first-order valence-electron chi connectivity index (χ1n) is 8.60. The summed E-state index contributed by atoms with van der Waals surface area (Å²) in [5, 5.41) is 7.17. The molecule has 7 nitrogen and oxygen atoms in total. The maximum atomic E-state index is 12.4. The normalized spacial score (nSPS) is 12.6. The molecule has 4 N–H and O–H groups in total.